The number of amides is 1. The maximum atomic E-state index is 12.3. The zero-order valence-electron chi connectivity index (χ0n) is 14.7. The Kier molecular flexibility index (Phi) is 5.03. The third-order valence-corrected chi connectivity index (χ3v) is 5.04. The maximum Gasteiger partial charge on any atom is 0.272 e. The minimum Gasteiger partial charge on any atom is -0.347 e. The minimum absolute atomic E-state index is 0.270. The van der Waals surface area contributed by atoms with Crippen molar-refractivity contribution in [2.75, 3.05) is 11.4 Å². The summed E-state index contributed by atoms with van der Waals surface area (Å²) in [5.74, 6) is 0.484. The van der Waals surface area contributed by atoms with Crippen molar-refractivity contribution in [3.05, 3.63) is 82.5 Å². The topological polar surface area (TPSA) is 58.1 Å². The quantitative estimate of drug-likeness (QED) is 0.741. The van der Waals surface area contributed by atoms with Gasteiger partial charge in [0.15, 0.2) is 11.5 Å². The van der Waals surface area contributed by atoms with E-state index in [0.717, 1.165) is 36.5 Å². The Morgan fingerprint density at radius 2 is 1.85 bits per heavy atom. The smallest absolute Gasteiger partial charge is 0.272 e. The third-order valence-electron chi connectivity index (χ3n) is 4.67. The summed E-state index contributed by atoms with van der Waals surface area (Å²) >= 11 is 6.12. The number of fused-ring (bicyclic) bond motifs is 1. The number of carbonyl (C=O) groups is 1. The van der Waals surface area contributed by atoms with E-state index in [1.54, 1.807) is 12.1 Å². The average molecular weight is 379 g/mol. The van der Waals surface area contributed by atoms with Gasteiger partial charge in [-0.05, 0) is 48.2 Å². The van der Waals surface area contributed by atoms with Crippen LogP contribution >= 0.6 is 11.6 Å². The first-order valence-electron chi connectivity index (χ1n) is 8.93. The lowest BCUT2D eigenvalue weighted by Gasteiger charge is -2.29. The average Bonchev–Trinajstić information content (AvgIpc) is 2.73. The molecule has 5 nitrogen and oxygen atoms in total. The van der Waals surface area contributed by atoms with Gasteiger partial charge in [0.2, 0.25) is 0 Å². The molecule has 1 aliphatic heterocycles. The first kappa shape index (κ1) is 17.5. The van der Waals surface area contributed by atoms with Gasteiger partial charge in [0.05, 0.1) is 0 Å². The molecule has 6 heteroatoms. The molecular formula is C21H19ClN4O. The SMILES string of the molecule is O=C(NCc1ccccc1Cl)c1ccc(N2CCCc3ccccc32)nn1. The molecule has 1 N–H and O–H groups in total. The van der Waals surface area contributed by atoms with Crippen LogP contribution < -0.4 is 10.2 Å². The molecule has 0 saturated heterocycles. The van der Waals surface area contributed by atoms with Crippen molar-refractivity contribution in [1.82, 2.24) is 15.5 Å². The van der Waals surface area contributed by atoms with E-state index in [-0.39, 0.29) is 11.6 Å². The van der Waals surface area contributed by atoms with Gasteiger partial charge in [-0.3, -0.25) is 4.79 Å². The Bertz CT molecular complexity index is 958. The molecule has 0 aliphatic carbocycles. The molecule has 1 aliphatic rings. The van der Waals surface area contributed by atoms with Crippen molar-refractivity contribution in [3.8, 4) is 0 Å². The lowest BCUT2D eigenvalue weighted by molar-refractivity contribution is 0.0945. The van der Waals surface area contributed by atoms with Crippen molar-refractivity contribution < 1.29 is 4.79 Å². The molecule has 2 heterocycles. The fraction of sp³-hybridized carbons (Fsp3) is 0.190. The van der Waals surface area contributed by atoms with Crippen LogP contribution in [0.1, 0.15) is 28.0 Å². The summed E-state index contributed by atoms with van der Waals surface area (Å²) in [5.41, 5.74) is 3.62. The standard InChI is InChI=1S/C21H19ClN4O/c22-17-9-3-1-7-16(17)14-23-21(27)18-11-12-20(25-24-18)26-13-5-8-15-6-2-4-10-19(15)26/h1-4,6-7,9-12H,5,8,13-14H2,(H,23,27). The van der Waals surface area contributed by atoms with Gasteiger partial charge in [-0.25, -0.2) is 0 Å². The molecule has 0 spiro atoms. The number of rotatable bonds is 4. The molecule has 0 atom stereocenters. The Balaban J connectivity index is 1.46. The zero-order chi connectivity index (χ0) is 18.6. The van der Waals surface area contributed by atoms with Crippen LogP contribution in [0, 0.1) is 0 Å². The molecular weight excluding hydrogens is 360 g/mol. The highest BCUT2D eigenvalue weighted by atomic mass is 35.5. The highest BCUT2D eigenvalue weighted by molar-refractivity contribution is 6.31. The number of nitrogens with one attached hydrogen (secondary N) is 1. The predicted octanol–water partition coefficient (Wildman–Crippen LogP) is 4.14. The second-order valence-corrected chi connectivity index (χ2v) is 6.84. The third kappa shape index (κ3) is 3.78. The molecule has 0 bridgehead atoms. The van der Waals surface area contributed by atoms with Gasteiger partial charge in [-0.1, -0.05) is 48.0 Å². The highest BCUT2D eigenvalue weighted by Gasteiger charge is 2.19. The highest BCUT2D eigenvalue weighted by Crippen LogP contribution is 2.31. The summed E-state index contributed by atoms with van der Waals surface area (Å²) in [6.45, 7) is 1.24. The number of nitrogens with zero attached hydrogens (tertiary/aromatic N) is 3. The van der Waals surface area contributed by atoms with E-state index in [4.69, 9.17) is 11.6 Å². The van der Waals surface area contributed by atoms with Crippen LogP contribution in [0.4, 0.5) is 11.5 Å². The van der Waals surface area contributed by atoms with Crippen LogP contribution in [-0.2, 0) is 13.0 Å². The summed E-state index contributed by atoms with van der Waals surface area (Å²) in [5, 5.41) is 11.9. The molecule has 2 aromatic carbocycles. The van der Waals surface area contributed by atoms with Gasteiger partial charge in [-0.2, -0.15) is 0 Å². The van der Waals surface area contributed by atoms with Crippen LogP contribution in [0.15, 0.2) is 60.7 Å². The summed E-state index contributed by atoms with van der Waals surface area (Å²) in [6, 6.07) is 19.3. The van der Waals surface area contributed by atoms with Gasteiger partial charge >= 0.3 is 0 Å². The number of hydrogen-bond donors (Lipinski definition) is 1. The fourth-order valence-corrected chi connectivity index (χ4v) is 3.47. The Hall–Kier alpha value is -2.92. The number of carbonyl (C=O) groups excluding carboxylic acids is 1. The number of aromatic nitrogens is 2. The number of hydrogen-bond acceptors (Lipinski definition) is 4. The molecule has 0 unspecified atom stereocenters. The van der Waals surface area contributed by atoms with E-state index in [1.165, 1.54) is 5.56 Å². The van der Waals surface area contributed by atoms with Crippen molar-refractivity contribution in [2.24, 2.45) is 0 Å². The first-order valence-corrected chi connectivity index (χ1v) is 9.31. The van der Waals surface area contributed by atoms with Crippen LogP contribution in [0.25, 0.3) is 0 Å². The molecule has 0 fully saturated rings. The Labute approximate surface area is 163 Å². The second kappa shape index (κ2) is 7.76. The molecule has 0 radical (unpaired) electrons. The van der Waals surface area contributed by atoms with E-state index >= 15 is 0 Å². The molecule has 27 heavy (non-hydrogen) atoms. The molecule has 3 aromatic rings. The van der Waals surface area contributed by atoms with E-state index in [0.29, 0.717) is 11.6 Å². The van der Waals surface area contributed by atoms with Gasteiger partial charge in [-0.15, -0.1) is 10.2 Å². The Morgan fingerprint density at radius 3 is 2.67 bits per heavy atom. The van der Waals surface area contributed by atoms with Crippen LogP contribution in [0.5, 0.6) is 0 Å². The summed E-state index contributed by atoms with van der Waals surface area (Å²) in [7, 11) is 0. The van der Waals surface area contributed by atoms with Gasteiger partial charge < -0.3 is 10.2 Å². The van der Waals surface area contributed by atoms with Gasteiger partial charge in [0.1, 0.15) is 0 Å². The van der Waals surface area contributed by atoms with Crippen LogP contribution in [0.2, 0.25) is 5.02 Å². The minimum atomic E-state index is -0.270. The number of para-hydroxylation sites is 1. The van der Waals surface area contributed by atoms with Crippen molar-refractivity contribution in [3.63, 3.8) is 0 Å². The Morgan fingerprint density at radius 1 is 1.04 bits per heavy atom. The number of aryl methyl sites for hydroxylation is 1. The lowest BCUT2D eigenvalue weighted by atomic mass is 10.0. The lowest BCUT2D eigenvalue weighted by Crippen LogP contribution is -2.27. The molecule has 0 saturated carbocycles. The fourth-order valence-electron chi connectivity index (χ4n) is 3.27. The molecule has 4 rings (SSSR count). The number of benzene rings is 2. The van der Waals surface area contributed by atoms with Crippen LogP contribution in [0.3, 0.4) is 0 Å². The van der Waals surface area contributed by atoms with Gasteiger partial charge in [0, 0.05) is 23.8 Å². The van der Waals surface area contributed by atoms with Crippen molar-refractivity contribution in [2.45, 2.75) is 19.4 Å². The van der Waals surface area contributed by atoms with Gasteiger partial charge in [0.25, 0.3) is 5.91 Å². The summed E-state index contributed by atoms with van der Waals surface area (Å²) < 4.78 is 0. The van der Waals surface area contributed by atoms with Crippen molar-refractivity contribution in [1.29, 1.82) is 0 Å². The van der Waals surface area contributed by atoms with E-state index in [2.05, 4.69) is 38.6 Å². The largest absolute Gasteiger partial charge is 0.347 e. The monoisotopic (exact) mass is 378 g/mol. The zero-order valence-corrected chi connectivity index (χ0v) is 15.5. The molecule has 1 amide bonds. The van der Waals surface area contributed by atoms with Crippen LogP contribution in [-0.4, -0.2) is 22.6 Å². The molecule has 136 valence electrons. The second-order valence-electron chi connectivity index (χ2n) is 6.43. The summed E-state index contributed by atoms with van der Waals surface area (Å²) in [6.07, 6.45) is 2.14. The predicted molar refractivity (Wildman–Crippen MR) is 106 cm³/mol. The van der Waals surface area contributed by atoms with Crippen molar-refractivity contribution >= 4 is 29.0 Å². The summed E-state index contributed by atoms with van der Waals surface area (Å²) in [4.78, 5) is 14.5. The first-order chi connectivity index (χ1) is 13.2. The number of halogens is 1. The van der Waals surface area contributed by atoms with E-state index in [1.807, 2.05) is 30.3 Å². The van der Waals surface area contributed by atoms with E-state index in [9.17, 15) is 4.79 Å². The normalized spacial score (nSPS) is 13.1. The molecule has 1 aromatic heterocycles. The number of anilines is 2. The maximum absolute atomic E-state index is 12.3. The van der Waals surface area contributed by atoms with E-state index < -0.39 is 0 Å².